The van der Waals surface area contributed by atoms with E-state index in [1.807, 2.05) is 13.0 Å². The summed E-state index contributed by atoms with van der Waals surface area (Å²) in [4.78, 5) is 12.3. The molecule has 0 bridgehead atoms. The number of ether oxygens (including phenoxy) is 1. The highest BCUT2D eigenvalue weighted by Crippen LogP contribution is 2.28. The summed E-state index contributed by atoms with van der Waals surface area (Å²) < 4.78 is 5.11. The van der Waals surface area contributed by atoms with Crippen molar-refractivity contribution in [3.8, 4) is 5.75 Å². The predicted octanol–water partition coefficient (Wildman–Crippen LogP) is 1.90. The van der Waals surface area contributed by atoms with Crippen LogP contribution in [0.2, 0.25) is 0 Å². The Labute approximate surface area is 106 Å². The van der Waals surface area contributed by atoms with Gasteiger partial charge < -0.3 is 15.8 Å². The van der Waals surface area contributed by atoms with Gasteiger partial charge in [0, 0.05) is 17.1 Å². The van der Waals surface area contributed by atoms with Gasteiger partial charge in [-0.05, 0) is 24.6 Å². The Kier molecular flexibility index (Phi) is 5.69. The molecule has 0 fully saturated rings. The molecule has 0 aliphatic heterocycles. The van der Waals surface area contributed by atoms with Crippen molar-refractivity contribution >= 4 is 23.4 Å². The van der Waals surface area contributed by atoms with Crippen molar-refractivity contribution in [3.63, 3.8) is 0 Å². The van der Waals surface area contributed by atoms with E-state index < -0.39 is 0 Å². The first-order valence-electron chi connectivity index (χ1n) is 5.50. The van der Waals surface area contributed by atoms with Gasteiger partial charge in [0.1, 0.15) is 5.75 Å². The molecule has 1 rings (SSSR count). The van der Waals surface area contributed by atoms with Crippen molar-refractivity contribution in [2.75, 3.05) is 25.1 Å². The van der Waals surface area contributed by atoms with Crippen LogP contribution in [0.3, 0.4) is 0 Å². The maximum absolute atomic E-state index is 11.4. The quantitative estimate of drug-likeness (QED) is 0.601. The lowest BCUT2D eigenvalue weighted by atomic mass is 10.3. The van der Waals surface area contributed by atoms with Gasteiger partial charge in [-0.2, -0.15) is 0 Å². The monoisotopic (exact) mass is 254 g/mol. The van der Waals surface area contributed by atoms with Crippen LogP contribution in [0.5, 0.6) is 5.75 Å². The van der Waals surface area contributed by atoms with E-state index in [2.05, 4.69) is 5.32 Å². The minimum atomic E-state index is 0.0269. The number of hydrogen-bond acceptors (Lipinski definition) is 4. The minimum absolute atomic E-state index is 0.0269. The SMILES string of the molecule is CCCNC(=O)CSc1cc(OC)ccc1N. The van der Waals surface area contributed by atoms with E-state index in [0.717, 1.165) is 17.1 Å². The summed E-state index contributed by atoms with van der Waals surface area (Å²) in [6, 6.07) is 5.43. The van der Waals surface area contributed by atoms with E-state index >= 15 is 0 Å². The fourth-order valence-electron chi connectivity index (χ4n) is 1.23. The lowest BCUT2D eigenvalue weighted by Crippen LogP contribution is -2.25. The Balaban J connectivity index is 2.53. The second-order valence-electron chi connectivity index (χ2n) is 3.54. The molecule has 0 heterocycles. The summed E-state index contributed by atoms with van der Waals surface area (Å²) in [5.74, 6) is 1.15. The summed E-state index contributed by atoms with van der Waals surface area (Å²) in [7, 11) is 1.61. The predicted molar refractivity (Wildman–Crippen MR) is 71.4 cm³/mol. The van der Waals surface area contributed by atoms with Crippen molar-refractivity contribution in [3.05, 3.63) is 18.2 Å². The smallest absolute Gasteiger partial charge is 0.230 e. The van der Waals surface area contributed by atoms with Crippen molar-refractivity contribution in [2.45, 2.75) is 18.2 Å². The molecule has 0 aliphatic rings. The van der Waals surface area contributed by atoms with Crippen LogP contribution in [0.25, 0.3) is 0 Å². The summed E-state index contributed by atoms with van der Waals surface area (Å²) in [5.41, 5.74) is 6.49. The first kappa shape index (κ1) is 13.7. The van der Waals surface area contributed by atoms with Gasteiger partial charge in [0.2, 0.25) is 5.91 Å². The van der Waals surface area contributed by atoms with E-state index in [9.17, 15) is 4.79 Å². The minimum Gasteiger partial charge on any atom is -0.497 e. The van der Waals surface area contributed by atoms with Crippen LogP contribution in [-0.4, -0.2) is 25.3 Å². The molecule has 0 saturated heterocycles. The van der Waals surface area contributed by atoms with E-state index in [1.165, 1.54) is 11.8 Å². The molecule has 0 aromatic heterocycles. The van der Waals surface area contributed by atoms with Gasteiger partial charge in [0.05, 0.1) is 12.9 Å². The second kappa shape index (κ2) is 7.06. The number of nitrogen functional groups attached to an aromatic ring is 1. The summed E-state index contributed by atoms with van der Waals surface area (Å²) in [6.07, 6.45) is 0.942. The van der Waals surface area contributed by atoms with Crippen molar-refractivity contribution < 1.29 is 9.53 Å². The topological polar surface area (TPSA) is 64.3 Å². The Morgan fingerprint density at radius 3 is 2.94 bits per heavy atom. The fraction of sp³-hybridized carbons (Fsp3) is 0.417. The first-order chi connectivity index (χ1) is 8.17. The van der Waals surface area contributed by atoms with Gasteiger partial charge in [-0.3, -0.25) is 4.79 Å². The molecule has 0 atom stereocenters. The third-order valence-electron chi connectivity index (χ3n) is 2.15. The second-order valence-corrected chi connectivity index (χ2v) is 4.56. The van der Waals surface area contributed by atoms with E-state index in [4.69, 9.17) is 10.5 Å². The number of carbonyl (C=O) groups excluding carboxylic acids is 1. The molecule has 0 radical (unpaired) electrons. The zero-order chi connectivity index (χ0) is 12.7. The average Bonchev–Trinajstić information content (AvgIpc) is 2.35. The highest BCUT2D eigenvalue weighted by atomic mass is 32.2. The lowest BCUT2D eigenvalue weighted by Gasteiger charge is -2.08. The molecule has 3 N–H and O–H groups in total. The number of thioether (sulfide) groups is 1. The molecule has 0 unspecified atom stereocenters. The summed E-state index contributed by atoms with van der Waals surface area (Å²) in [5, 5.41) is 2.82. The van der Waals surface area contributed by atoms with E-state index in [1.54, 1.807) is 19.2 Å². The van der Waals surface area contributed by atoms with Crippen molar-refractivity contribution in [1.29, 1.82) is 0 Å². The molecule has 0 spiro atoms. The number of carbonyl (C=O) groups is 1. The summed E-state index contributed by atoms with van der Waals surface area (Å²) >= 11 is 1.42. The standard InChI is InChI=1S/C12H18N2O2S/c1-3-6-14-12(15)8-17-11-7-9(16-2)4-5-10(11)13/h4-5,7H,3,6,8,13H2,1-2H3,(H,14,15). The number of hydrogen-bond donors (Lipinski definition) is 2. The van der Waals surface area contributed by atoms with Gasteiger partial charge in [-0.25, -0.2) is 0 Å². The van der Waals surface area contributed by atoms with Crippen LogP contribution in [0.15, 0.2) is 23.1 Å². The third-order valence-corrected chi connectivity index (χ3v) is 3.22. The lowest BCUT2D eigenvalue weighted by molar-refractivity contribution is -0.118. The Bertz CT molecular complexity index is 383. The molecular formula is C12H18N2O2S. The van der Waals surface area contributed by atoms with E-state index in [-0.39, 0.29) is 5.91 Å². The van der Waals surface area contributed by atoms with Crippen LogP contribution < -0.4 is 15.8 Å². The molecular weight excluding hydrogens is 236 g/mol. The number of nitrogens with two attached hydrogens (primary N) is 1. The number of rotatable bonds is 6. The summed E-state index contributed by atoms with van der Waals surface area (Å²) in [6.45, 7) is 2.74. The number of benzene rings is 1. The van der Waals surface area contributed by atoms with Gasteiger partial charge in [-0.15, -0.1) is 11.8 Å². The van der Waals surface area contributed by atoms with E-state index in [0.29, 0.717) is 18.0 Å². The number of nitrogens with one attached hydrogen (secondary N) is 1. The van der Waals surface area contributed by atoms with Gasteiger partial charge in [-0.1, -0.05) is 6.92 Å². The van der Waals surface area contributed by atoms with Crippen LogP contribution in [0.1, 0.15) is 13.3 Å². The third kappa shape index (κ3) is 4.56. The fourth-order valence-corrected chi connectivity index (χ4v) is 2.05. The molecule has 5 heteroatoms. The maximum Gasteiger partial charge on any atom is 0.230 e. The zero-order valence-electron chi connectivity index (χ0n) is 10.2. The zero-order valence-corrected chi connectivity index (χ0v) is 11.0. The van der Waals surface area contributed by atoms with Gasteiger partial charge >= 0.3 is 0 Å². The molecule has 0 aliphatic carbocycles. The molecule has 0 saturated carbocycles. The van der Waals surface area contributed by atoms with Crippen LogP contribution >= 0.6 is 11.8 Å². The van der Waals surface area contributed by atoms with Gasteiger partial charge in [0.25, 0.3) is 0 Å². The molecule has 1 aromatic rings. The highest BCUT2D eigenvalue weighted by Gasteiger charge is 2.06. The van der Waals surface area contributed by atoms with Crippen LogP contribution in [-0.2, 0) is 4.79 Å². The number of methoxy groups -OCH3 is 1. The molecule has 94 valence electrons. The van der Waals surface area contributed by atoms with Gasteiger partial charge in [0.15, 0.2) is 0 Å². The molecule has 4 nitrogen and oxygen atoms in total. The average molecular weight is 254 g/mol. The normalized spacial score (nSPS) is 10.0. The van der Waals surface area contributed by atoms with Crippen LogP contribution in [0, 0.1) is 0 Å². The molecule has 1 aromatic carbocycles. The number of amides is 1. The maximum atomic E-state index is 11.4. The Morgan fingerprint density at radius 2 is 2.29 bits per heavy atom. The Morgan fingerprint density at radius 1 is 1.53 bits per heavy atom. The highest BCUT2D eigenvalue weighted by molar-refractivity contribution is 8.00. The van der Waals surface area contributed by atoms with Crippen molar-refractivity contribution in [2.24, 2.45) is 0 Å². The Hall–Kier alpha value is -1.36. The number of anilines is 1. The first-order valence-corrected chi connectivity index (χ1v) is 6.49. The van der Waals surface area contributed by atoms with Crippen LogP contribution in [0.4, 0.5) is 5.69 Å². The largest absolute Gasteiger partial charge is 0.497 e. The molecule has 1 amide bonds. The van der Waals surface area contributed by atoms with Crippen molar-refractivity contribution in [1.82, 2.24) is 5.32 Å². The molecule has 17 heavy (non-hydrogen) atoms.